The summed E-state index contributed by atoms with van der Waals surface area (Å²) in [6, 6.07) is 14.4. The fraction of sp³-hybridized carbons (Fsp3) is 0.346. The normalized spacial score (nSPS) is 18.2. The third-order valence-electron chi connectivity index (χ3n) is 6.43. The summed E-state index contributed by atoms with van der Waals surface area (Å²) in [5.41, 5.74) is 4.17. The van der Waals surface area contributed by atoms with E-state index in [-0.39, 0.29) is 17.8 Å². The molecule has 0 unspecified atom stereocenters. The molecule has 1 aromatic heterocycles. The topological polar surface area (TPSA) is 68.2 Å². The zero-order valence-electron chi connectivity index (χ0n) is 19.1. The average molecular weight is 469 g/mol. The molecule has 0 fully saturated rings. The number of nitrogens with one attached hydrogen (secondary N) is 1. The van der Waals surface area contributed by atoms with Crippen molar-refractivity contribution in [3.05, 3.63) is 93.2 Å². The summed E-state index contributed by atoms with van der Waals surface area (Å²) in [5.74, 6) is -0.794. The third-order valence-corrected chi connectivity index (χ3v) is 7.16. The number of nitrogens with zero attached hydrogens (tertiary/aromatic N) is 1. The molecule has 1 aliphatic carbocycles. The van der Waals surface area contributed by atoms with Gasteiger partial charge in [0, 0.05) is 35.8 Å². The highest BCUT2D eigenvalue weighted by molar-refractivity contribution is 7.88. The molecule has 0 aliphatic heterocycles. The standard InChI is InChI=1S/C26H29FN2O3S/c1-4-29-14-13-18-11-12-23(28-33(3,31)32)22(24(18)26(29)30)16-20-9-6-10-21(25(20)27)19-8-5-7-17(2)15-19/h5-10,13-15,22-23,28H,4,11-12,16H2,1-3H3/t22-,23-/m0/s1. The highest BCUT2D eigenvalue weighted by Gasteiger charge is 2.34. The van der Waals surface area contributed by atoms with E-state index in [2.05, 4.69) is 4.72 Å². The predicted molar refractivity (Wildman–Crippen MR) is 129 cm³/mol. The Balaban J connectivity index is 1.81. The summed E-state index contributed by atoms with van der Waals surface area (Å²) in [4.78, 5) is 13.3. The van der Waals surface area contributed by atoms with Gasteiger partial charge in [-0.25, -0.2) is 17.5 Å². The average Bonchev–Trinajstić information content (AvgIpc) is 2.76. The van der Waals surface area contributed by atoms with Crippen LogP contribution in [-0.2, 0) is 29.4 Å². The first-order valence-electron chi connectivity index (χ1n) is 11.2. The first-order valence-corrected chi connectivity index (χ1v) is 13.1. The van der Waals surface area contributed by atoms with Crippen molar-refractivity contribution in [1.82, 2.24) is 9.29 Å². The molecular formula is C26H29FN2O3S. The van der Waals surface area contributed by atoms with E-state index in [1.807, 2.05) is 50.2 Å². The highest BCUT2D eigenvalue weighted by atomic mass is 32.2. The van der Waals surface area contributed by atoms with Crippen LogP contribution in [0.25, 0.3) is 11.1 Å². The third kappa shape index (κ3) is 4.94. The number of sulfonamides is 1. The molecule has 33 heavy (non-hydrogen) atoms. The lowest BCUT2D eigenvalue weighted by Crippen LogP contribution is -2.45. The molecule has 5 nitrogen and oxygen atoms in total. The van der Waals surface area contributed by atoms with Crippen molar-refractivity contribution < 1.29 is 12.8 Å². The van der Waals surface area contributed by atoms with Crippen LogP contribution in [0.4, 0.5) is 4.39 Å². The molecule has 0 bridgehead atoms. The summed E-state index contributed by atoms with van der Waals surface area (Å²) in [6.45, 7) is 4.37. The number of aromatic nitrogens is 1. The van der Waals surface area contributed by atoms with Gasteiger partial charge in [0.2, 0.25) is 10.0 Å². The van der Waals surface area contributed by atoms with E-state index in [4.69, 9.17) is 0 Å². The molecule has 0 spiro atoms. The van der Waals surface area contributed by atoms with Gasteiger partial charge in [-0.15, -0.1) is 0 Å². The van der Waals surface area contributed by atoms with Crippen LogP contribution in [0.2, 0.25) is 0 Å². The Labute approximate surface area is 194 Å². The lowest BCUT2D eigenvalue weighted by Gasteiger charge is -2.34. The van der Waals surface area contributed by atoms with Crippen molar-refractivity contribution in [2.45, 2.75) is 51.6 Å². The minimum atomic E-state index is -3.50. The molecule has 0 radical (unpaired) electrons. The summed E-state index contributed by atoms with van der Waals surface area (Å²) >= 11 is 0. The van der Waals surface area contributed by atoms with Crippen LogP contribution in [0.3, 0.4) is 0 Å². The summed E-state index contributed by atoms with van der Waals surface area (Å²) in [5, 5.41) is 0. The van der Waals surface area contributed by atoms with Crippen LogP contribution in [-0.4, -0.2) is 25.3 Å². The zero-order valence-corrected chi connectivity index (χ0v) is 20.0. The number of fused-ring (bicyclic) bond motifs is 1. The van der Waals surface area contributed by atoms with E-state index >= 15 is 4.39 Å². The van der Waals surface area contributed by atoms with Gasteiger partial charge in [-0.2, -0.15) is 0 Å². The Kier molecular flexibility index (Phi) is 6.54. The Morgan fingerprint density at radius 2 is 1.91 bits per heavy atom. The fourth-order valence-corrected chi connectivity index (χ4v) is 5.71. The van der Waals surface area contributed by atoms with E-state index in [9.17, 15) is 13.2 Å². The maximum atomic E-state index is 15.7. The van der Waals surface area contributed by atoms with Crippen molar-refractivity contribution in [3.63, 3.8) is 0 Å². The van der Waals surface area contributed by atoms with E-state index in [0.29, 0.717) is 36.1 Å². The second-order valence-electron chi connectivity index (χ2n) is 8.84. The number of pyridine rings is 1. The number of rotatable bonds is 6. The lowest BCUT2D eigenvalue weighted by atomic mass is 9.77. The van der Waals surface area contributed by atoms with Gasteiger partial charge >= 0.3 is 0 Å². The van der Waals surface area contributed by atoms with Gasteiger partial charge in [-0.1, -0.05) is 48.0 Å². The largest absolute Gasteiger partial charge is 0.316 e. The highest BCUT2D eigenvalue weighted by Crippen LogP contribution is 2.35. The first kappa shape index (κ1) is 23.4. The summed E-state index contributed by atoms with van der Waals surface area (Å²) in [7, 11) is -3.50. The number of hydrogen-bond acceptors (Lipinski definition) is 3. The van der Waals surface area contributed by atoms with E-state index in [1.54, 1.807) is 22.9 Å². The predicted octanol–water partition coefficient (Wildman–Crippen LogP) is 4.17. The molecule has 1 aliphatic rings. The molecule has 174 valence electrons. The number of benzene rings is 2. The van der Waals surface area contributed by atoms with E-state index < -0.39 is 22.0 Å². The minimum Gasteiger partial charge on any atom is -0.316 e. The summed E-state index contributed by atoms with van der Waals surface area (Å²) < 4.78 is 44.2. The van der Waals surface area contributed by atoms with Crippen LogP contribution in [0, 0.1) is 12.7 Å². The quantitative estimate of drug-likeness (QED) is 0.590. The second-order valence-corrected chi connectivity index (χ2v) is 10.6. The maximum absolute atomic E-state index is 15.7. The zero-order chi connectivity index (χ0) is 23.8. The van der Waals surface area contributed by atoms with Crippen LogP contribution in [0.5, 0.6) is 0 Å². The molecule has 2 aromatic carbocycles. The number of aryl methyl sites for hydroxylation is 3. The minimum absolute atomic E-state index is 0.129. The summed E-state index contributed by atoms with van der Waals surface area (Å²) in [6.07, 6.45) is 4.29. The monoisotopic (exact) mass is 468 g/mol. The van der Waals surface area contributed by atoms with Crippen LogP contribution < -0.4 is 10.3 Å². The molecule has 1 heterocycles. The van der Waals surface area contributed by atoms with Crippen LogP contribution >= 0.6 is 0 Å². The van der Waals surface area contributed by atoms with Crippen LogP contribution in [0.1, 0.15) is 41.5 Å². The van der Waals surface area contributed by atoms with Gasteiger partial charge in [-0.05, 0) is 55.9 Å². The van der Waals surface area contributed by atoms with Crippen molar-refractivity contribution in [1.29, 1.82) is 0 Å². The lowest BCUT2D eigenvalue weighted by molar-refractivity contribution is 0.419. The Hall–Kier alpha value is -2.77. The molecule has 0 amide bonds. The molecule has 0 saturated heterocycles. The van der Waals surface area contributed by atoms with Crippen molar-refractivity contribution >= 4 is 10.0 Å². The Morgan fingerprint density at radius 3 is 2.61 bits per heavy atom. The van der Waals surface area contributed by atoms with Crippen molar-refractivity contribution in [3.8, 4) is 11.1 Å². The van der Waals surface area contributed by atoms with E-state index in [1.165, 1.54) is 0 Å². The van der Waals surface area contributed by atoms with Gasteiger partial charge in [0.25, 0.3) is 5.56 Å². The van der Waals surface area contributed by atoms with Gasteiger partial charge in [0.05, 0.1) is 6.26 Å². The molecular weight excluding hydrogens is 439 g/mol. The Morgan fingerprint density at radius 1 is 1.15 bits per heavy atom. The Bertz CT molecular complexity index is 1350. The van der Waals surface area contributed by atoms with E-state index in [0.717, 1.165) is 22.9 Å². The van der Waals surface area contributed by atoms with Crippen LogP contribution in [0.15, 0.2) is 59.5 Å². The molecule has 4 rings (SSSR count). The molecule has 2 atom stereocenters. The van der Waals surface area contributed by atoms with Gasteiger partial charge in [-0.3, -0.25) is 4.79 Å². The van der Waals surface area contributed by atoms with Crippen molar-refractivity contribution in [2.75, 3.05) is 6.26 Å². The molecule has 0 saturated carbocycles. The van der Waals surface area contributed by atoms with Gasteiger partial charge in [0.15, 0.2) is 0 Å². The first-order chi connectivity index (χ1) is 15.7. The number of hydrogen-bond donors (Lipinski definition) is 1. The number of halogens is 1. The van der Waals surface area contributed by atoms with Gasteiger partial charge in [0.1, 0.15) is 5.82 Å². The second kappa shape index (κ2) is 9.23. The van der Waals surface area contributed by atoms with Gasteiger partial charge < -0.3 is 4.57 Å². The van der Waals surface area contributed by atoms with Crippen molar-refractivity contribution in [2.24, 2.45) is 0 Å². The smallest absolute Gasteiger partial charge is 0.254 e. The maximum Gasteiger partial charge on any atom is 0.254 e. The molecule has 1 N–H and O–H groups in total. The molecule has 3 aromatic rings. The fourth-order valence-electron chi connectivity index (χ4n) is 4.88. The SMILES string of the molecule is CCn1ccc2c(c1=O)[C@@H](Cc1cccc(-c3cccc(C)c3)c1F)[C@@H](NS(C)(=O)=O)CC2. The molecule has 7 heteroatoms.